The summed E-state index contributed by atoms with van der Waals surface area (Å²) in [7, 11) is 0. The Hall–Kier alpha value is -0.0400. The molecule has 0 bridgehead atoms. The zero-order valence-electron chi connectivity index (χ0n) is 7.14. The maximum Gasteiger partial charge on any atom is 0.00387 e. The van der Waals surface area contributed by atoms with Gasteiger partial charge in [-0.15, -0.1) is 0 Å². The Morgan fingerprint density at radius 1 is 1.20 bits per heavy atom. The van der Waals surface area contributed by atoms with Crippen LogP contribution in [0.5, 0.6) is 0 Å². The van der Waals surface area contributed by atoms with Crippen molar-refractivity contribution in [2.45, 2.75) is 45.6 Å². The summed E-state index contributed by atoms with van der Waals surface area (Å²) >= 11 is 0. The molecule has 1 atom stereocenters. The van der Waals surface area contributed by atoms with Crippen LogP contribution in [0.1, 0.15) is 39.5 Å². The number of nitrogens with two attached hydrogens (primary N) is 1. The zero-order valence-corrected chi connectivity index (χ0v) is 7.14. The fourth-order valence-electron chi connectivity index (χ4n) is 1.81. The third-order valence-corrected chi connectivity index (χ3v) is 2.80. The van der Waals surface area contributed by atoms with Gasteiger partial charge in [-0.2, -0.15) is 0 Å². The molecule has 1 saturated carbocycles. The minimum Gasteiger partial charge on any atom is -0.328 e. The van der Waals surface area contributed by atoms with Gasteiger partial charge in [0.1, 0.15) is 0 Å². The van der Waals surface area contributed by atoms with Crippen LogP contribution in [0.15, 0.2) is 0 Å². The Morgan fingerprint density at radius 2 is 1.70 bits per heavy atom. The van der Waals surface area contributed by atoms with Gasteiger partial charge in [-0.05, 0) is 31.6 Å². The average molecular weight is 141 g/mol. The summed E-state index contributed by atoms with van der Waals surface area (Å²) in [5.74, 6) is 1.77. The van der Waals surface area contributed by atoms with Crippen molar-refractivity contribution in [2.24, 2.45) is 17.6 Å². The van der Waals surface area contributed by atoms with Crippen LogP contribution in [-0.2, 0) is 0 Å². The van der Waals surface area contributed by atoms with E-state index < -0.39 is 0 Å². The molecule has 0 spiro atoms. The third kappa shape index (κ3) is 1.98. The summed E-state index contributed by atoms with van der Waals surface area (Å²) in [6, 6.07) is 0.424. The molecule has 0 amide bonds. The summed E-state index contributed by atoms with van der Waals surface area (Å²) in [5, 5.41) is 0. The lowest BCUT2D eigenvalue weighted by molar-refractivity contribution is 0.262. The van der Waals surface area contributed by atoms with Gasteiger partial charge in [0.25, 0.3) is 0 Å². The van der Waals surface area contributed by atoms with Gasteiger partial charge in [-0.25, -0.2) is 0 Å². The van der Waals surface area contributed by atoms with E-state index in [9.17, 15) is 0 Å². The average Bonchev–Trinajstić information content (AvgIpc) is 1.88. The quantitative estimate of drug-likeness (QED) is 0.595. The van der Waals surface area contributed by atoms with Crippen molar-refractivity contribution in [2.75, 3.05) is 0 Å². The SMILES string of the molecule is CC(N)[C@H]1CC[C@H](C)CC1. The summed E-state index contributed by atoms with van der Waals surface area (Å²) in [6.07, 6.45) is 5.51. The normalized spacial score (nSPS) is 37.5. The molecule has 1 heteroatoms. The third-order valence-electron chi connectivity index (χ3n) is 2.80. The molecule has 1 aliphatic carbocycles. The van der Waals surface area contributed by atoms with Crippen molar-refractivity contribution in [3.8, 4) is 0 Å². The number of rotatable bonds is 1. The van der Waals surface area contributed by atoms with Gasteiger partial charge in [-0.3, -0.25) is 0 Å². The van der Waals surface area contributed by atoms with Crippen molar-refractivity contribution < 1.29 is 0 Å². The molecule has 0 aromatic carbocycles. The smallest absolute Gasteiger partial charge is 0.00387 e. The van der Waals surface area contributed by atoms with Gasteiger partial charge in [0.05, 0.1) is 0 Å². The van der Waals surface area contributed by atoms with Gasteiger partial charge in [0, 0.05) is 6.04 Å². The number of hydrogen-bond donors (Lipinski definition) is 1. The monoisotopic (exact) mass is 141 g/mol. The van der Waals surface area contributed by atoms with Gasteiger partial charge >= 0.3 is 0 Å². The Balaban J connectivity index is 2.26. The lowest BCUT2D eigenvalue weighted by Crippen LogP contribution is -2.29. The van der Waals surface area contributed by atoms with Gasteiger partial charge in [0.2, 0.25) is 0 Å². The van der Waals surface area contributed by atoms with Crippen molar-refractivity contribution >= 4 is 0 Å². The first-order chi connectivity index (χ1) is 4.70. The molecule has 0 radical (unpaired) electrons. The van der Waals surface area contributed by atoms with Gasteiger partial charge in [0.15, 0.2) is 0 Å². The van der Waals surface area contributed by atoms with Crippen LogP contribution in [0.2, 0.25) is 0 Å². The van der Waals surface area contributed by atoms with Crippen LogP contribution < -0.4 is 5.73 Å². The first-order valence-electron chi connectivity index (χ1n) is 4.45. The molecule has 1 aliphatic rings. The maximum absolute atomic E-state index is 5.81. The summed E-state index contributed by atoms with van der Waals surface area (Å²) < 4.78 is 0. The predicted octanol–water partition coefficient (Wildman–Crippen LogP) is 2.16. The molecule has 1 rings (SSSR count). The summed E-state index contributed by atoms with van der Waals surface area (Å²) in [6.45, 7) is 4.48. The van der Waals surface area contributed by atoms with Crippen molar-refractivity contribution in [1.82, 2.24) is 0 Å². The maximum atomic E-state index is 5.81. The minimum absolute atomic E-state index is 0.424. The summed E-state index contributed by atoms with van der Waals surface area (Å²) in [4.78, 5) is 0. The molecule has 0 aromatic rings. The fraction of sp³-hybridized carbons (Fsp3) is 1.00. The molecule has 10 heavy (non-hydrogen) atoms. The minimum atomic E-state index is 0.424. The highest BCUT2D eigenvalue weighted by atomic mass is 14.6. The van der Waals surface area contributed by atoms with E-state index in [4.69, 9.17) is 5.73 Å². The van der Waals surface area contributed by atoms with E-state index in [2.05, 4.69) is 13.8 Å². The van der Waals surface area contributed by atoms with E-state index in [1.54, 1.807) is 0 Å². The largest absolute Gasteiger partial charge is 0.328 e. The predicted molar refractivity (Wildman–Crippen MR) is 44.8 cm³/mol. The lowest BCUT2D eigenvalue weighted by Gasteiger charge is -2.28. The molecule has 0 saturated heterocycles. The standard InChI is InChI=1S/C9H19N/c1-7-3-5-9(6-4-7)8(2)10/h7-9H,3-6,10H2,1-2H3/t7-,8?,9-. The Morgan fingerprint density at radius 3 is 2.10 bits per heavy atom. The highest BCUT2D eigenvalue weighted by molar-refractivity contribution is 4.75. The molecule has 60 valence electrons. The topological polar surface area (TPSA) is 26.0 Å². The van der Waals surface area contributed by atoms with Crippen LogP contribution >= 0.6 is 0 Å². The van der Waals surface area contributed by atoms with Crippen LogP contribution in [0.25, 0.3) is 0 Å². The molecule has 1 unspecified atom stereocenters. The summed E-state index contributed by atoms with van der Waals surface area (Å²) in [5.41, 5.74) is 5.81. The van der Waals surface area contributed by atoms with E-state index >= 15 is 0 Å². The van der Waals surface area contributed by atoms with Crippen LogP contribution in [0.3, 0.4) is 0 Å². The molecule has 1 fully saturated rings. The van der Waals surface area contributed by atoms with Crippen LogP contribution in [-0.4, -0.2) is 6.04 Å². The molecule has 0 aromatic heterocycles. The van der Waals surface area contributed by atoms with E-state index in [1.807, 2.05) is 0 Å². The highest BCUT2D eigenvalue weighted by Gasteiger charge is 2.20. The fourth-order valence-corrected chi connectivity index (χ4v) is 1.81. The number of hydrogen-bond acceptors (Lipinski definition) is 1. The second-order valence-corrected chi connectivity index (χ2v) is 3.88. The first-order valence-corrected chi connectivity index (χ1v) is 4.45. The van der Waals surface area contributed by atoms with Crippen LogP contribution in [0, 0.1) is 11.8 Å². The Labute approximate surface area is 64.0 Å². The molecular weight excluding hydrogens is 122 g/mol. The van der Waals surface area contributed by atoms with Crippen molar-refractivity contribution in [3.05, 3.63) is 0 Å². The molecule has 1 nitrogen and oxygen atoms in total. The molecule has 0 aliphatic heterocycles. The molecular formula is C9H19N. The molecule has 0 heterocycles. The Kier molecular flexibility index (Phi) is 2.72. The van der Waals surface area contributed by atoms with E-state index in [-0.39, 0.29) is 0 Å². The van der Waals surface area contributed by atoms with E-state index in [0.29, 0.717) is 6.04 Å². The van der Waals surface area contributed by atoms with Crippen molar-refractivity contribution in [1.29, 1.82) is 0 Å². The second-order valence-electron chi connectivity index (χ2n) is 3.88. The van der Waals surface area contributed by atoms with Gasteiger partial charge < -0.3 is 5.73 Å². The van der Waals surface area contributed by atoms with Crippen LogP contribution in [0.4, 0.5) is 0 Å². The highest BCUT2D eigenvalue weighted by Crippen LogP contribution is 2.29. The van der Waals surface area contributed by atoms with E-state index in [0.717, 1.165) is 11.8 Å². The lowest BCUT2D eigenvalue weighted by atomic mass is 9.80. The first kappa shape index (κ1) is 8.06. The van der Waals surface area contributed by atoms with Crippen molar-refractivity contribution in [3.63, 3.8) is 0 Å². The van der Waals surface area contributed by atoms with Gasteiger partial charge in [-0.1, -0.05) is 19.8 Å². The zero-order chi connectivity index (χ0) is 7.56. The Bertz CT molecular complexity index is 90.9. The second kappa shape index (κ2) is 3.38. The van der Waals surface area contributed by atoms with E-state index in [1.165, 1.54) is 25.7 Å². The molecule has 2 N–H and O–H groups in total.